The number of anilines is 1. The zero-order valence-electron chi connectivity index (χ0n) is 15.0. The minimum absolute atomic E-state index is 0.0790. The second-order valence-electron chi connectivity index (χ2n) is 6.92. The summed E-state index contributed by atoms with van der Waals surface area (Å²) in [5, 5.41) is 5.77. The van der Waals surface area contributed by atoms with Crippen LogP contribution in [0.5, 0.6) is 5.75 Å². The predicted octanol–water partition coefficient (Wildman–Crippen LogP) is 4.88. The molecule has 24 heavy (non-hydrogen) atoms. The van der Waals surface area contributed by atoms with E-state index in [2.05, 4.69) is 55.7 Å². The highest BCUT2D eigenvalue weighted by molar-refractivity contribution is 5.89. The van der Waals surface area contributed by atoms with Gasteiger partial charge < -0.3 is 15.4 Å². The quantitative estimate of drug-likeness (QED) is 0.841. The summed E-state index contributed by atoms with van der Waals surface area (Å²) < 4.78 is 5.15. The molecule has 0 aliphatic carbocycles. The topological polar surface area (TPSA) is 50.4 Å². The molecule has 1 atom stereocenters. The van der Waals surface area contributed by atoms with Crippen LogP contribution in [0.4, 0.5) is 10.5 Å². The Balaban J connectivity index is 1.98. The smallest absolute Gasteiger partial charge is 0.319 e. The van der Waals surface area contributed by atoms with E-state index in [1.165, 1.54) is 5.56 Å². The zero-order chi connectivity index (χ0) is 17.7. The van der Waals surface area contributed by atoms with Crippen LogP contribution in [0.25, 0.3) is 0 Å². The summed E-state index contributed by atoms with van der Waals surface area (Å²) in [7, 11) is 1.60. The lowest BCUT2D eigenvalue weighted by Crippen LogP contribution is -2.31. The van der Waals surface area contributed by atoms with Crippen LogP contribution in [0, 0.1) is 0 Å². The number of methoxy groups -OCH3 is 1. The van der Waals surface area contributed by atoms with Crippen LogP contribution in [0.15, 0.2) is 48.5 Å². The van der Waals surface area contributed by atoms with Gasteiger partial charge in [0.15, 0.2) is 0 Å². The van der Waals surface area contributed by atoms with Crippen LogP contribution >= 0.6 is 0 Å². The van der Waals surface area contributed by atoms with Crippen LogP contribution in [0.1, 0.15) is 44.9 Å². The Morgan fingerprint density at radius 2 is 1.75 bits per heavy atom. The summed E-state index contributed by atoms with van der Waals surface area (Å²) in [6.45, 7) is 8.53. The molecule has 4 nitrogen and oxygen atoms in total. The number of urea groups is 1. The first-order chi connectivity index (χ1) is 11.3. The molecule has 0 heterocycles. The SMILES string of the molecule is COc1cccc(NC(=O)NC(C)c2ccc(C(C)(C)C)cc2)c1. The van der Waals surface area contributed by atoms with Crippen LogP contribution in [0.2, 0.25) is 0 Å². The van der Waals surface area contributed by atoms with Gasteiger partial charge in [0.1, 0.15) is 5.75 Å². The predicted molar refractivity (Wildman–Crippen MR) is 98.7 cm³/mol. The van der Waals surface area contributed by atoms with Crippen molar-refractivity contribution in [3.05, 3.63) is 59.7 Å². The minimum atomic E-state index is -0.240. The van der Waals surface area contributed by atoms with E-state index in [9.17, 15) is 4.79 Å². The van der Waals surface area contributed by atoms with E-state index < -0.39 is 0 Å². The Morgan fingerprint density at radius 3 is 2.33 bits per heavy atom. The van der Waals surface area contributed by atoms with E-state index >= 15 is 0 Å². The number of ether oxygens (including phenoxy) is 1. The molecule has 0 saturated carbocycles. The average Bonchev–Trinajstić information content (AvgIpc) is 2.54. The Bertz CT molecular complexity index is 688. The van der Waals surface area contributed by atoms with E-state index in [1.54, 1.807) is 13.2 Å². The van der Waals surface area contributed by atoms with Gasteiger partial charge in [-0.3, -0.25) is 0 Å². The number of carbonyl (C=O) groups excluding carboxylic acids is 1. The Kier molecular flexibility index (Phi) is 5.50. The molecule has 2 amide bonds. The van der Waals surface area contributed by atoms with Crippen LogP contribution in [0.3, 0.4) is 0 Å². The molecule has 0 aliphatic rings. The van der Waals surface area contributed by atoms with Crippen molar-refractivity contribution in [3.63, 3.8) is 0 Å². The lowest BCUT2D eigenvalue weighted by molar-refractivity contribution is 0.249. The monoisotopic (exact) mass is 326 g/mol. The summed E-state index contributed by atoms with van der Waals surface area (Å²) in [6.07, 6.45) is 0. The highest BCUT2D eigenvalue weighted by atomic mass is 16.5. The second-order valence-corrected chi connectivity index (χ2v) is 6.92. The minimum Gasteiger partial charge on any atom is -0.497 e. The van der Waals surface area contributed by atoms with Crippen molar-refractivity contribution in [2.45, 2.75) is 39.2 Å². The molecule has 128 valence electrons. The van der Waals surface area contributed by atoms with Crippen molar-refractivity contribution in [3.8, 4) is 5.75 Å². The molecule has 0 bridgehead atoms. The van der Waals surface area contributed by atoms with Gasteiger partial charge >= 0.3 is 6.03 Å². The molecule has 0 aliphatic heterocycles. The lowest BCUT2D eigenvalue weighted by atomic mass is 9.86. The van der Waals surface area contributed by atoms with E-state index in [0.29, 0.717) is 11.4 Å². The Morgan fingerprint density at radius 1 is 1.08 bits per heavy atom. The van der Waals surface area contributed by atoms with Gasteiger partial charge in [0.2, 0.25) is 0 Å². The third kappa shape index (κ3) is 4.75. The summed E-state index contributed by atoms with van der Waals surface area (Å²) in [5.41, 5.74) is 3.17. The van der Waals surface area contributed by atoms with Crippen LogP contribution in [-0.2, 0) is 5.41 Å². The van der Waals surface area contributed by atoms with E-state index in [0.717, 1.165) is 5.56 Å². The molecule has 0 radical (unpaired) electrons. The van der Waals surface area contributed by atoms with Crippen LogP contribution in [-0.4, -0.2) is 13.1 Å². The summed E-state index contributed by atoms with van der Waals surface area (Å²) in [5.74, 6) is 0.707. The van der Waals surface area contributed by atoms with Crippen molar-refractivity contribution in [1.82, 2.24) is 5.32 Å². The zero-order valence-corrected chi connectivity index (χ0v) is 15.0. The number of rotatable bonds is 4. The van der Waals surface area contributed by atoms with E-state index in [1.807, 2.05) is 25.1 Å². The molecule has 2 N–H and O–H groups in total. The van der Waals surface area contributed by atoms with Gasteiger partial charge in [-0.15, -0.1) is 0 Å². The molecule has 2 aromatic rings. The third-order valence-electron chi connectivity index (χ3n) is 3.95. The number of amides is 2. The van der Waals surface area contributed by atoms with Crippen molar-refractivity contribution in [2.75, 3.05) is 12.4 Å². The van der Waals surface area contributed by atoms with Gasteiger partial charge in [-0.25, -0.2) is 4.79 Å². The summed E-state index contributed by atoms with van der Waals surface area (Å²) >= 11 is 0. The third-order valence-corrected chi connectivity index (χ3v) is 3.95. The summed E-state index contributed by atoms with van der Waals surface area (Å²) in [6, 6.07) is 15.3. The van der Waals surface area contributed by atoms with Gasteiger partial charge in [0, 0.05) is 11.8 Å². The highest BCUT2D eigenvalue weighted by Crippen LogP contribution is 2.24. The first kappa shape index (κ1) is 17.9. The fraction of sp³-hybridized carbons (Fsp3) is 0.350. The maximum atomic E-state index is 12.2. The second kappa shape index (κ2) is 7.39. The van der Waals surface area contributed by atoms with E-state index in [-0.39, 0.29) is 17.5 Å². The Hall–Kier alpha value is -2.49. The largest absolute Gasteiger partial charge is 0.497 e. The maximum Gasteiger partial charge on any atom is 0.319 e. The van der Waals surface area contributed by atoms with Gasteiger partial charge in [0.25, 0.3) is 0 Å². The van der Waals surface area contributed by atoms with Crippen molar-refractivity contribution < 1.29 is 9.53 Å². The lowest BCUT2D eigenvalue weighted by Gasteiger charge is -2.21. The first-order valence-corrected chi connectivity index (χ1v) is 8.11. The van der Waals surface area contributed by atoms with Gasteiger partial charge in [-0.05, 0) is 35.6 Å². The molecule has 2 aromatic carbocycles. The summed E-state index contributed by atoms with van der Waals surface area (Å²) in [4.78, 5) is 12.2. The fourth-order valence-electron chi connectivity index (χ4n) is 2.42. The van der Waals surface area contributed by atoms with E-state index in [4.69, 9.17) is 4.74 Å². The molecule has 0 saturated heterocycles. The molecule has 0 aromatic heterocycles. The normalized spacial score (nSPS) is 12.4. The van der Waals surface area contributed by atoms with Crippen LogP contribution < -0.4 is 15.4 Å². The number of hydrogen-bond acceptors (Lipinski definition) is 2. The molecular weight excluding hydrogens is 300 g/mol. The molecule has 0 spiro atoms. The fourth-order valence-corrected chi connectivity index (χ4v) is 2.42. The Labute approximate surface area is 144 Å². The van der Waals surface area contributed by atoms with Gasteiger partial charge in [0.05, 0.1) is 13.2 Å². The highest BCUT2D eigenvalue weighted by Gasteiger charge is 2.15. The molecule has 4 heteroatoms. The molecular formula is C20H26N2O2. The molecule has 0 fully saturated rings. The number of benzene rings is 2. The average molecular weight is 326 g/mol. The molecule has 1 unspecified atom stereocenters. The van der Waals surface area contributed by atoms with Gasteiger partial charge in [-0.2, -0.15) is 0 Å². The first-order valence-electron chi connectivity index (χ1n) is 8.11. The number of nitrogens with one attached hydrogen (secondary N) is 2. The van der Waals surface area contributed by atoms with Gasteiger partial charge in [-0.1, -0.05) is 51.1 Å². The standard InChI is InChI=1S/C20H26N2O2/c1-14(15-9-11-16(12-10-15)20(2,3)4)21-19(23)22-17-7-6-8-18(13-17)24-5/h6-14H,1-5H3,(H2,21,22,23). The number of carbonyl (C=O) groups is 1. The maximum absolute atomic E-state index is 12.2. The molecule has 2 rings (SSSR count). The van der Waals surface area contributed by atoms with Crippen molar-refractivity contribution >= 4 is 11.7 Å². The number of hydrogen-bond donors (Lipinski definition) is 2. The van der Waals surface area contributed by atoms with Crippen molar-refractivity contribution in [1.29, 1.82) is 0 Å². The van der Waals surface area contributed by atoms with Crippen molar-refractivity contribution in [2.24, 2.45) is 0 Å².